The number of Topliss-reactive ketones (excluding diaryl/α,β-unsaturated/α-hetero) is 1. The van der Waals surface area contributed by atoms with Crippen LogP contribution in [0.3, 0.4) is 0 Å². The van der Waals surface area contributed by atoms with Crippen LogP contribution in [0.25, 0.3) is 10.8 Å². The predicted molar refractivity (Wildman–Crippen MR) is 61.0 cm³/mol. The van der Waals surface area contributed by atoms with Gasteiger partial charge < -0.3 is 5.73 Å². The van der Waals surface area contributed by atoms with Crippen molar-refractivity contribution in [2.45, 2.75) is 12.8 Å². The molecule has 80 valence electrons. The van der Waals surface area contributed by atoms with Crippen LogP contribution in [0.5, 0.6) is 0 Å². The molecule has 0 heterocycles. The third-order valence-corrected chi connectivity index (χ3v) is 3.12. The zero-order valence-corrected chi connectivity index (χ0v) is 8.59. The molecule has 0 amide bonds. The summed E-state index contributed by atoms with van der Waals surface area (Å²) in [6.45, 7) is 0. The molecule has 1 aliphatic carbocycles. The molecule has 0 unspecified atom stereocenters. The summed E-state index contributed by atoms with van der Waals surface area (Å²) in [6, 6.07) is 7.30. The topological polar surface area (TPSA) is 43.1 Å². The number of nitrogen functional groups attached to an aromatic ring is 1. The quantitative estimate of drug-likeness (QED) is 0.686. The summed E-state index contributed by atoms with van der Waals surface area (Å²) in [5, 5.41) is 1.59. The van der Waals surface area contributed by atoms with E-state index in [2.05, 4.69) is 0 Å². The van der Waals surface area contributed by atoms with E-state index in [1.807, 2.05) is 18.2 Å². The maximum atomic E-state index is 13.9. The minimum atomic E-state index is -0.565. The number of nitrogens with two attached hydrogens (primary N) is 1. The van der Waals surface area contributed by atoms with E-state index in [0.717, 1.165) is 16.3 Å². The van der Waals surface area contributed by atoms with Gasteiger partial charge in [-0.05, 0) is 28.8 Å². The van der Waals surface area contributed by atoms with E-state index in [-0.39, 0.29) is 17.0 Å². The largest absolute Gasteiger partial charge is 0.396 e. The minimum absolute atomic E-state index is 0.0508. The Labute approximate surface area is 91.9 Å². The molecular formula is C13H10FNO. The molecule has 2 aromatic rings. The van der Waals surface area contributed by atoms with E-state index in [1.54, 1.807) is 6.07 Å². The summed E-state index contributed by atoms with van der Waals surface area (Å²) < 4.78 is 13.9. The summed E-state index contributed by atoms with van der Waals surface area (Å²) in [5.74, 6) is -0.710. The molecule has 1 aliphatic rings. The second kappa shape index (κ2) is 3.04. The number of benzene rings is 2. The van der Waals surface area contributed by atoms with E-state index in [1.165, 1.54) is 0 Å². The van der Waals surface area contributed by atoms with Crippen LogP contribution in [-0.4, -0.2) is 5.78 Å². The number of hydrogen-bond acceptors (Lipinski definition) is 2. The minimum Gasteiger partial charge on any atom is -0.396 e. The van der Waals surface area contributed by atoms with Crippen molar-refractivity contribution in [1.82, 2.24) is 0 Å². The molecule has 0 aromatic heterocycles. The molecule has 3 rings (SSSR count). The molecule has 0 saturated heterocycles. The molecule has 0 atom stereocenters. The summed E-state index contributed by atoms with van der Waals surface area (Å²) in [5.41, 5.74) is 6.83. The predicted octanol–water partition coefficient (Wildman–Crippen LogP) is 2.69. The number of carbonyl (C=O) groups is 1. The van der Waals surface area contributed by atoms with E-state index in [4.69, 9.17) is 5.73 Å². The lowest BCUT2D eigenvalue weighted by molar-refractivity contribution is 0.0978. The third kappa shape index (κ3) is 1.08. The van der Waals surface area contributed by atoms with Gasteiger partial charge in [0.05, 0.1) is 11.3 Å². The van der Waals surface area contributed by atoms with Crippen LogP contribution in [0.4, 0.5) is 10.1 Å². The van der Waals surface area contributed by atoms with Gasteiger partial charge in [0.1, 0.15) is 0 Å². The number of ketones is 1. The highest BCUT2D eigenvalue weighted by atomic mass is 19.1. The maximum Gasteiger partial charge on any atom is 0.166 e. The van der Waals surface area contributed by atoms with E-state index in [0.29, 0.717) is 12.8 Å². The van der Waals surface area contributed by atoms with Crippen LogP contribution >= 0.6 is 0 Å². The smallest absolute Gasteiger partial charge is 0.166 e. The molecule has 0 bridgehead atoms. The van der Waals surface area contributed by atoms with Gasteiger partial charge in [0.15, 0.2) is 11.6 Å². The van der Waals surface area contributed by atoms with Crippen molar-refractivity contribution in [3.05, 3.63) is 41.2 Å². The van der Waals surface area contributed by atoms with Crippen LogP contribution < -0.4 is 5.73 Å². The van der Waals surface area contributed by atoms with Crippen LogP contribution in [0.15, 0.2) is 24.3 Å². The molecule has 0 spiro atoms. The normalized spacial score (nSPS) is 14.4. The first kappa shape index (κ1) is 9.33. The van der Waals surface area contributed by atoms with Crippen LogP contribution in [0.1, 0.15) is 22.3 Å². The van der Waals surface area contributed by atoms with Crippen LogP contribution in [-0.2, 0) is 6.42 Å². The maximum absolute atomic E-state index is 13.9. The average molecular weight is 215 g/mol. The second-order valence-electron chi connectivity index (χ2n) is 4.09. The van der Waals surface area contributed by atoms with Gasteiger partial charge in [-0.25, -0.2) is 4.39 Å². The molecule has 0 aliphatic heterocycles. The number of carbonyl (C=O) groups excluding carboxylic acids is 1. The fourth-order valence-electron chi connectivity index (χ4n) is 2.37. The lowest BCUT2D eigenvalue weighted by atomic mass is 9.87. The molecule has 16 heavy (non-hydrogen) atoms. The van der Waals surface area contributed by atoms with Crippen molar-refractivity contribution >= 4 is 22.2 Å². The van der Waals surface area contributed by atoms with Crippen LogP contribution in [0, 0.1) is 5.82 Å². The Balaban J connectivity index is 2.56. The number of rotatable bonds is 0. The molecule has 3 heteroatoms. The van der Waals surface area contributed by atoms with Crippen molar-refractivity contribution in [2.24, 2.45) is 0 Å². The summed E-state index contributed by atoms with van der Waals surface area (Å²) in [4.78, 5) is 11.7. The number of anilines is 1. The van der Waals surface area contributed by atoms with Crippen molar-refractivity contribution in [2.75, 3.05) is 5.73 Å². The fraction of sp³-hybridized carbons (Fsp3) is 0.154. The first-order chi connectivity index (χ1) is 7.68. The third-order valence-electron chi connectivity index (χ3n) is 3.12. The first-order valence-electron chi connectivity index (χ1n) is 5.21. The number of aryl methyl sites for hydroxylation is 1. The van der Waals surface area contributed by atoms with Gasteiger partial charge in [-0.15, -0.1) is 0 Å². The van der Waals surface area contributed by atoms with Crippen LogP contribution in [0.2, 0.25) is 0 Å². The molecule has 0 fully saturated rings. The average Bonchev–Trinajstić information content (AvgIpc) is 2.28. The van der Waals surface area contributed by atoms with Gasteiger partial charge in [0, 0.05) is 6.42 Å². The molecule has 0 radical (unpaired) electrons. The van der Waals surface area contributed by atoms with Crippen molar-refractivity contribution in [1.29, 1.82) is 0 Å². The highest BCUT2D eigenvalue weighted by molar-refractivity contribution is 6.12. The van der Waals surface area contributed by atoms with E-state index < -0.39 is 5.82 Å². The van der Waals surface area contributed by atoms with Gasteiger partial charge in [-0.2, -0.15) is 0 Å². The van der Waals surface area contributed by atoms with Crippen molar-refractivity contribution in [3.8, 4) is 0 Å². The van der Waals surface area contributed by atoms with E-state index >= 15 is 0 Å². The highest BCUT2D eigenvalue weighted by Crippen LogP contribution is 2.33. The molecule has 0 saturated carbocycles. The van der Waals surface area contributed by atoms with Gasteiger partial charge in [-0.3, -0.25) is 4.79 Å². The Bertz CT molecular complexity index is 619. The Kier molecular flexibility index (Phi) is 1.78. The monoisotopic (exact) mass is 215 g/mol. The van der Waals surface area contributed by atoms with Gasteiger partial charge in [-0.1, -0.05) is 18.2 Å². The summed E-state index contributed by atoms with van der Waals surface area (Å²) >= 11 is 0. The zero-order chi connectivity index (χ0) is 11.3. The van der Waals surface area contributed by atoms with Gasteiger partial charge in [0.2, 0.25) is 0 Å². The van der Waals surface area contributed by atoms with E-state index in [9.17, 15) is 9.18 Å². The van der Waals surface area contributed by atoms with Gasteiger partial charge >= 0.3 is 0 Å². The highest BCUT2D eigenvalue weighted by Gasteiger charge is 2.24. The SMILES string of the molecule is Nc1cc2cccc3c2c(c1F)C(=O)CC3. The molecular weight excluding hydrogens is 205 g/mol. The first-order valence-corrected chi connectivity index (χ1v) is 5.21. The fourth-order valence-corrected chi connectivity index (χ4v) is 2.37. The summed E-state index contributed by atoms with van der Waals surface area (Å²) in [6.07, 6.45) is 1.05. The number of hydrogen-bond donors (Lipinski definition) is 1. The second-order valence-corrected chi connectivity index (χ2v) is 4.09. The Morgan fingerprint density at radius 3 is 2.88 bits per heavy atom. The summed E-state index contributed by atoms with van der Waals surface area (Å²) in [7, 11) is 0. The molecule has 2 N–H and O–H groups in total. The number of halogens is 1. The Hall–Kier alpha value is -1.90. The molecule has 2 aromatic carbocycles. The van der Waals surface area contributed by atoms with Crippen molar-refractivity contribution in [3.63, 3.8) is 0 Å². The standard InChI is InChI=1S/C13H10FNO/c14-13-9(15)6-8-3-1-2-7-4-5-10(16)12(13)11(7)8/h1-3,6H,4-5,15H2. The Morgan fingerprint density at radius 2 is 2.06 bits per heavy atom. The molecule has 2 nitrogen and oxygen atoms in total. The van der Waals surface area contributed by atoms with Gasteiger partial charge in [0.25, 0.3) is 0 Å². The zero-order valence-electron chi connectivity index (χ0n) is 8.59. The Morgan fingerprint density at radius 1 is 1.25 bits per heavy atom. The lowest BCUT2D eigenvalue weighted by Gasteiger charge is -2.17. The lowest BCUT2D eigenvalue weighted by Crippen LogP contribution is -2.13. The van der Waals surface area contributed by atoms with Crippen molar-refractivity contribution < 1.29 is 9.18 Å².